The fraction of sp³-hybridized carbons (Fsp3) is 0.588. The Kier molecular flexibility index (Phi) is 3.77. The first-order valence-corrected chi connectivity index (χ1v) is 8.39. The predicted molar refractivity (Wildman–Crippen MR) is 83.4 cm³/mol. The second-order valence-electron chi connectivity index (χ2n) is 6.66. The molecule has 2 saturated heterocycles. The van der Waals surface area contributed by atoms with Crippen LogP contribution in [-0.4, -0.2) is 52.9 Å². The Morgan fingerprint density at radius 3 is 2.61 bits per heavy atom. The minimum Gasteiger partial charge on any atom is -0.474 e. The molecule has 2 aliphatic heterocycles. The SMILES string of the molecule is O=C1CC2CNCC(C1)N2C(=O)c1cccc(OC2CCC2)n1. The van der Waals surface area contributed by atoms with E-state index in [1.807, 2.05) is 11.0 Å². The number of aromatic nitrogens is 1. The molecule has 3 aliphatic rings. The van der Waals surface area contributed by atoms with Gasteiger partial charge in [0, 0.05) is 32.0 Å². The van der Waals surface area contributed by atoms with Crippen molar-refractivity contribution in [3.8, 4) is 5.88 Å². The number of hydrogen-bond donors (Lipinski definition) is 1. The van der Waals surface area contributed by atoms with Gasteiger partial charge in [-0.1, -0.05) is 6.07 Å². The number of hydrogen-bond acceptors (Lipinski definition) is 5. The maximum atomic E-state index is 12.9. The van der Waals surface area contributed by atoms with Crippen molar-refractivity contribution < 1.29 is 14.3 Å². The van der Waals surface area contributed by atoms with Gasteiger partial charge in [-0.2, -0.15) is 0 Å². The first-order valence-electron chi connectivity index (χ1n) is 8.39. The standard InChI is InChI=1S/C17H21N3O3/c21-13-7-11-9-18-10-12(8-13)20(11)17(22)15-5-2-6-16(19-15)23-14-3-1-4-14/h2,5-6,11-12,14,18H,1,3-4,7-10H2. The Bertz CT molecular complexity index is 613. The van der Waals surface area contributed by atoms with E-state index in [1.54, 1.807) is 12.1 Å². The molecule has 122 valence electrons. The molecule has 3 heterocycles. The molecular weight excluding hydrogens is 294 g/mol. The molecule has 2 bridgehead atoms. The molecule has 1 amide bonds. The van der Waals surface area contributed by atoms with Crippen LogP contribution in [-0.2, 0) is 4.79 Å². The molecule has 6 heteroatoms. The van der Waals surface area contributed by atoms with Crippen molar-refractivity contribution in [2.45, 2.75) is 50.3 Å². The first kappa shape index (κ1) is 14.6. The van der Waals surface area contributed by atoms with E-state index in [4.69, 9.17) is 4.74 Å². The van der Waals surface area contributed by atoms with Crippen LogP contribution in [0.1, 0.15) is 42.6 Å². The summed E-state index contributed by atoms with van der Waals surface area (Å²) in [5.41, 5.74) is 0.410. The van der Waals surface area contributed by atoms with E-state index in [2.05, 4.69) is 10.3 Å². The van der Waals surface area contributed by atoms with Crippen LogP contribution < -0.4 is 10.1 Å². The van der Waals surface area contributed by atoms with E-state index < -0.39 is 0 Å². The van der Waals surface area contributed by atoms with E-state index in [9.17, 15) is 9.59 Å². The molecule has 1 aromatic heterocycles. The average Bonchev–Trinajstić information content (AvgIpc) is 2.50. The second kappa shape index (κ2) is 5.92. The number of amides is 1. The van der Waals surface area contributed by atoms with Gasteiger partial charge in [-0.05, 0) is 25.3 Å². The molecule has 0 spiro atoms. The van der Waals surface area contributed by atoms with Gasteiger partial charge in [-0.3, -0.25) is 9.59 Å². The highest BCUT2D eigenvalue weighted by Crippen LogP contribution is 2.27. The maximum absolute atomic E-state index is 12.9. The van der Waals surface area contributed by atoms with Crippen LogP contribution in [0.3, 0.4) is 0 Å². The number of nitrogens with one attached hydrogen (secondary N) is 1. The van der Waals surface area contributed by atoms with Gasteiger partial charge in [-0.15, -0.1) is 0 Å². The lowest BCUT2D eigenvalue weighted by molar-refractivity contribution is -0.125. The average molecular weight is 315 g/mol. The second-order valence-corrected chi connectivity index (χ2v) is 6.66. The van der Waals surface area contributed by atoms with Gasteiger partial charge >= 0.3 is 0 Å². The molecule has 0 radical (unpaired) electrons. The topological polar surface area (TPSA) is 71.5 Å². The number of ketones is 1. The maximum Gasteiger partial charge on any atom is 0.273 e. The summed E-state index contributed by atoms with van der Waals surface area (Å²) < 4.78 is 5.79. The van der Waals surface area contributed by atoms with E-state index in [0.717, 1.165) is 12.8 Å². The number of carbonyl (C=O) groups is 2. The van der Waals surface area contributed by atoms with Crippen LogP contribution in [0.25, 0.3) is 0 Å². The van der Waals surface area contributed by atoms with Crippen LogP contribution in [0.4, 0.5) is 0 Å². The zero-order valence-electron chi connectivity index (χ0n) is 13.0. The third-order valence-electron chi connectivity index (χ3n) is 4.99. The summed E-state index contributed by atoms with van der Waals surface area (Å²) in [5, 5.41) is 3.31. The van der Waals surface area contributed by atoms with Gasteiger partial charge in [0.15, 0.2) is 0 Å². The van der Waals surface area contributed by atoms with Crippen molar-refractivity contribution in [1.29, 1.82) is 0 Å². The Morgan fingerprint density at radius 2 is 1.96 bits per heavy atom. The zero-order chi connectivity index (χ0) is 15.8. The molecule has 1 N–H and O–H groups in total. The Balaban J connectivity index is 1.54. The van der Waals surface area contributed by atoms with Crippen LogP contribution in [0, 0.1) is 0 Å². The largest absolute Gasteiger partial charge is 0.474 e. The van der Waals surface area contributed by atoms with E-state index in [-0.39, 0.29) is 29.9 Å². The van der Waals surface area contributed by atoms with Crippen molar-refractivity contribution in [3.63, 3.8) is 0 Å². The molecule has 23 heavy (non-hydrogen) atoms. The molecular formula is C17H21N3O3. The predicted octanol–water partition coefficient (Wildman–Crippen LogP) is 1.16. The first-order chi connectivity index (χ1) is 11.2. The number of fused-ring (bicyclic) bond motifs is 2. The molecule has 1 aliphatic carbocycles. The highest BCUT2D eigenvalue weighted by Gasteiger charge is 2.41. The number of piperazine rings is 1. The fourth-order valence-electron chi connectivity index (χ4n) is 3.58. The smallest absolute Gasteiger partial charge is 0.273 e. The van der Waals surface area contributed by atoms with Crippen molar-refractivity contribution in [2.24, 2.45) is 0 Å². The molecule has 4 rings (SSSR count). The van der Waals surface area contributed by atoms with E-state index >= 15 is 0 Å². The lowest BCUT2D eigenvalue weighted by Gasteiger charge is -2.45. The molecule has 1 saturated carbocycles. The number of rotatable bonds is 3. The quantitative estimate of drug-likeness (QED) is 0.906. The molecule has 6 nitrogen and oxygen atoms in total. The van der Waals surface area contributed by atoms with Gasteiger partial charge in [0.25, 0.3) is 5.91 Å². The van der Waals surface area contributed by atoms with E-state index in [1.165, 1.54) is 6.42 Å². The lowest BCUT2D eigenvalue weighted by Crippen LogP contribution is -2.63. The number of Topliss-reactive ketones (excluding diaryl/α,β-unsaturated/α-hetero) is 1. The minimum absolute atomic E-state index is 0.0551. The zero-order valence-corrected chi connectivity index (χ0v) is 13.0. The van der Waals surface area contributed by atoms with Crippen LogP contribution in [0.15, 0.2) is 18.2 Å². The van der Waals surface area contributed by atoms with Crippen molar-refractivity contribution >= 4 is 11.7 Å². The lowest BCUT2D eigenvalue weighted by atomic mass is 9.91. The van der Waals surface area contributed by atoms with Gasteiger partial charge in [-0.25, -0.2) is 4.98 Å². The van der Waals surface area contributed by atoms with Crippen LogP contribution >= 0.6 is 0 Å². The van der Waals surface area contributed by atoms with Gasteiger partial charge in [0.1, 0.15) is 17.6 Å². The highest BCUT2D eigenvalue weighted by atomic mass is 16.5. The third-order valence-corrected chi connectivity index (χ3v) is 4.99. The fourth-order valence-corrected chi connectivity index (χ4v) is 3.58. The molecule has 1 aromatic rings. The summed E-state index contributed by atoms with van der Waals surface area (Å²) >= 11 is 0. The minimum atomic E-state index is -0.0898. The Labute approximate surface area is 135 Å². The number of carbonyl (C=O) groups excluding carboxylic acids is 2. The monoisotopic (exact) mass is 315 g/mol. The third kappa shape index (κ3) is 2.83. The van der Waals surface area contributed by atoms with E-state index in [0.29, 0.717) is 37.5 Å². The van der Waals surface area contributed by atoms with Gasteiger partial charge < -0.3 is 15.0 Å². The number of nitrogens with zero attached hydrogens (tertiary/aromatic N) is 2. The summed E-state index contributed by atoms with van der Waals surface area (Å²) in [7, 11) is 0. The van der Waals surface area contributed by atoms with Crippen molar-refractivity contribution in [1.82, 2.24) is 15.2 Å². The molecule has 3 fully saturated rings. The Morgan fingerprint density at radius 1 is 1.22 bits per heavy atom. The number of piperidine rings is 1. The van der Waals surface area contributed by atoms with Gasteiger partial charge in [0.05, 0.1) is 12.1 Å². The molecule has 2 atom stereocenters. The number of pyridine rings is 1. The van der Waals surface area contributed by atoms with Crippen molar-refractivity contribution in [2.75, 3.05) is 13.1 Å². The summed E-state index contributed by atoms with van der Waals surface area (Å²) in [5.74, 6) is 0.686. The summed E-state index contributed by atoms with van der Waals surface area (Å²) in [6, 6.07) is 5.24. The number of ether oxygens (including phenoxy) is 1. The van der Waals surface area contributed by atoms with Crippen LogP contribution in [0.5, 0.6) is 5.88 Å². The Hall–Kier alpha value is -1.95. The normalized spacial score (nSPS) is 27.5. The summed E-state index contributed by atoms with van der Waals surface area (Å²) in [4.78, 5) is 31.0. The van der Waals surface area contributed by atoms with Gasteiger partial charge in [0.2, 0.25) is 5.88 Å². The molecule has 2 unspecified atom stereocenters. The summed E-state index contributed by atoms with van der Waals surface area (Å²) in [6.07, 6.45) is 4.43. The molecule has 0 aromatic carbocycles. The van der Waals surface area contributed by atoms with Crippen molar-refractivity contribution in [3.05, 3.63) is 23.9 Å². The van der Waals surface area contributed by atoms with Crippen LogP contribution in [0.2, 0.25) is 0 Å². The summed E-state index contributed by atoms with van der Waals surface area (Å²) in [6.45, 7) is 1.35. The highest BCUT2D eigenvalue weighted by molar-refractivity contribution is 5.95.